The molecule has 1 aliphatic rings. The van der Waals surface area contributed by atoms with Crippen LogP contribution in [0.25, 0.3) is 0 Å². The fourth-order valence-corrected chi connectivity index (χ4v) is 2.31. The van der Waals surface area contributed by atoms with Gasteiger partial charge in [-0.2, -0.15) is 0 Å². The summed E-state index contributed by atoms with van der Waals surface area (Å²) in [6.07, 6.45) is 6.91. The summed E-state index contributed by atoms with van der Waals surface area (Å²) in [5.41, 5.74) is -0.956. The Labute approximate surface area is 90.3 Å². The number of carboxylic acids is 1. The van der Waals surface area contributed by atoms with Gasteiger partial charge >= 0.3 is 5.97 Å². The van der Waals surface area contributed by atoms with Crippen molar-refractivity contribution in [2.75, 3.05) is 7.05 Å². The van der Waals surface area contributed by atoms with Gasteiger partial charge in [0.25, 0.3) is 0 Å². The van der Waals surface area contributed by atoms with Crippen LogP contribution in [0.1, 0.15) is 44.9 Å². The Morgan fingerprint density at radius 2 is 1.67 bits per heavy atom. The average molecular weight is 213 g/mol. The molecule has 1 rings (SSSR count). The normalized spacial score (nSPS) is 21.1. The van der Waals surface area contributed by atoms with Gasteiger partial charge in [-0.3, -0.25) is 4.79 Å². The Morgan fingerprint density at radius 1 is 1.20 bits per heavy atom. The van der Waals surface area contributed by atoms with Crippen LogP contribution in [0.3, 0.4) is 0 Å². The first kappa shape index (κ1) is 12.0. The van der Waals surface area contributed by atoms with Crippen LogP contribution in [0.15, 0.2) is 0 Å². The van der Waals surface area contributed by atoms with Crippen LogP contribution in [-0.2, 0) is 9.59 Å². The van der Waals surface area contributed by atoms with Gasteiger partial charge in [-0.1, -0.05) is 32.1 Å². The molecule has 0 radical (unpaired) electrons. The zero-order valence-corrected chi connectivity index (χ0v) is 9.24. The molecule has 0 spiro atoms. The van der Waals surface area contributed by atoms with E-state index in [0.717, 1.165) is 25.7 Å². The van der Waals surface area contributed by atoms with Gasteiger partial charge in [0.1, 0.15) is 5.54 Å². The first-order valence-corrected chi connectivity index (χ1v) is 5.55. The number of carbonyl (C=O) groups excluding carboxylic acids is 1. The standard InChI is InChI=1S/C11H19NO3/c1-12(9-13)11(10(14)15)7-5-3-2-4-6-8-11/h9H,2-8H2,1H3,(H,14,15). The highest BCUT2D eigenvalue weighted by Crippen LogP contribution is 2.30. The second kappa shape index (κ2) is 5.14. The van der Waals surface area contributed by atoms with E-state index >= 15 is 0 Å². The topological polar surface area (TPSA) is 57.6 Å². The van der Waals surface area contributed by atoms with E-state index in [0.29, 0.717) is 19.3 Å². The second-order valence-corrected chi connectivity index (χ2v) is 4.32. The molecule has 4 heteroatoms. The zero-order chi connectivity index (χ0) is 11.3. The fourth-order valence-electron chi connectivity index (χ4n) is 2.31. The summed E-state index contributed by atoms with van der Waals surface area (Å²) in [5.74, 6) is -0.862. The number of carboxylic acid groups (broad SMARTS) is 1. The van der Waals surface area contributed by atoms with Gasteiger partial charge in [0.05, 0.1) is 0 Å². The maximum Gasteiger partial charge on any atom is 0.329 e. The molecule has 15 heavy (non-hydrogen) atoms. The molecule has 86 valence electrons. The lowest BCUT2D eigenvalue weighted by Crippen LogP contribution is -2.52. The van der Waals surface area contributed by atoms with Gasteiger partial charge in [-0.05, 0) is 12.8 Å². The molecule has 4 nitrogen and oxygen atoms in total. The van der Waals surface area contributed by atoms with E-state index < -0.39 is 11.5 Å². The van der Waals surface area contributed by atoms with E-state index in [9.17, 15) is 14.7 Å². The van der Waals surface area contributed by atoms with Crippen molar-refractivity contribution >= 4 is 12.4 Å². The van der Waals surface area contributed by atoms with Crippen molar-refractivity contribution in [1.82, 2.24) is 4.90 Å². The lowest BCUT2D eigenvalue weighted by molar-refractivity contribution is -0.155. The van der Waals surface area contributed by atoms with Crippen LogP contribution < -0.4 is 0 Å². The Balaban J connectivity index is 2.84. The van der Waals surface area contributed by atoms with Crippen molar-refractivity contribution in [3.63, 3.8) is 0 Å². The Kier molecular flexibility index (Phi) is 4.12. The van der Waals surface area contributed by atoms with Crippen molar-refractivity contribution < 1.29 is 14.7 Å². The van der Waals surface area contributed by atoms with Crippen LogP contribution in [0.5, 0.6) is 0 Å². The first-order chi connectivity index (χ1) is 7.13. The number of likely N-dealkylation sites (N-methyl/N-ethyl adjacent to an activating group) is 1. The van der Waals surface area contributed by atoms with E-state index in [1.807, 2.05) is 0 Å². The summed E-state index contributed by atoms with van der Waals surface area (Å²) in [6.45, 7) is 0. The third-order valence-corrected chi connectivity index (χ3v) is 3.41. The highest BCUT2D eigenvalue weighted by molar-refractivity contribution is 5.81. The van der Waals surface area contributed by atoms with Gasteiger partial charge < -0.3 is 10.0 Å². The molecular formula is C11H19NO3. The number of hydrogen-bond acceptors (Lipinski definition) is 2. The van der Waals surface area contributed by atoms with Crippen molar-refractivity contribution in [2.45, 2.75) is 50.5 Å². The molecule has 1 N–H and O–H groups in total. The fraction of sp³-hybridized carbons (Fsp3) is 0.818. The molecule has 0 atom stereocenters. The maximum absolute atomic E-state index is 11.3. The van der Waals surface area contributed by atoms with Gasteiger partial charge in [0.2, 0.25) is 6.41 Å². The van der Waals surface area contributed by atoms with Crippen molar-refractivity contribution in [2.24, 2.45) is 0 Å². The van der Waals surface area contributed by atoms with Crippen molar-refractivity contribution in [3.8, 4) is 0 Å². The molecule has 0 bridgehead atoms. The summed E-state index contributed by atoms with van der Waals surface area (Å²) < 4.78 is 0. The van der Waals surface area contributed by atoms with Crippen molar-refractivity contribution in [1.29, 1.82) is 0 Å². The summed E-state index contributed by atoms with van der Waals surface area (Å²) >= 11 is 0. The molecule has 1 amide bonds. The summed E-state index contributed by atoms with van der Waals surface area (Å²) in [6, 6.07) is 0. The summed E-state index contributed by atoms with van der Waals surface area (Å²) in [5, 5.41) is 9.31. The largest absolute Gasteiger partial charge is 0.479 e. The molecule has 0 aromatic heterocycles. The minimum Gasteiger partial charge on any atom is -0.479 e. The number of amides is 1. The summed E-state index contributed by atoms with van der Waals surface area (Å²) in [4.78, 5) is 23.4. The monoisotopic (exact) mass is 213 g/mol. The molecule has 0 unspecified atom stereocenters. The SMILES string of the molecule is CN(C=O)C1(C(=O)O)CCCCCCC1. The molecular weight excluding hydrogens is 194 g/mol. The maximum atomic E-state index is 11.3. The minimum absolute atomic E-state index is 0.581. The predicted molar refractivity (Wildman–Crippen MR) is 56.5 cm³/mol. The molecule has 0 aromatic rings. The molecule has 1 aliphatic carbocycles. The van der Waals surface area contributed by atoms with E-state index in [2.05, 4.69) is 0 Å². The molecule has 0 heterocycles. The smallest absolute Gasteiger partial charge is 0.329 e. The lowest BCUT2D eigenvalue weighted by Gasteiger charge is -2.37. The first-order valence-electron chi connectivity index (χ1n) is 5.55. The summed E-state index contributed by atoms with van der Waals surface area (Å²) in [7, 11) is 1.57. The van der Waals surface area contributed by atoms with E-state index in [1.54, 1.807) is 7.05 Å². The van der Waals surface area contributed by atoms with Crippen LogP contribution in [0.4, 0.5) is 0 Å². The predicted octanol–water partition coefficient (Wildman–Crippen LogP) is 1.64. The van der Waals surface area contributed by atoms with Gasteiger partial charge in [-0.25, -0.2) is 4.79 Å². The van der Waals surface area contributed by atoms with Crippen LogP contribution >= 0.6 is 0 Å². The van der Waals surface area contributed by atoms with Crippen LogP contribution in [0, 0.1) is 0 Å². The third kappa shape index (κ3) is 2.49. The van der Waals surface area contributed by atoms with Crippen LogP contribution in [0.2, 0.25) is 0 Å². The lowest BCUT2D eigenvalue weighted by atomic mass is 9.83. The molecule has 0 saturated heterocycles. The number of aliphatic carboxylic acids is 1. The van der Waals surface area contributed by atoms with E-state index in [4.69, 9.17) is 0 Å². The van der Waals surface area contributed by atoms with Gasteiger partial charge in [-0.15, -0.1) is 0 Å². The van der Waals surface area contributed by atoms with E-state index in [-0.39, 0.29) is 0 Å². The number of carbonyl (C=O) groups is 2. The number of nitrogens with zero attached hydrogens (tertiary/aromatic N) is 1. The Bertz CT molecular complexity index is 232. The average Bonchev–Trinajstić information content (AvgIpc) is 2.16. The Hall–Kier alpha value is -1.06. The highest BCUT2D eigenvalue weighted by atomic mass is 16.4. The number of rotatable bonds is 3. The van der Waals surface area contributed by atoms with Gasteiger partial charge in [0, 0.05) is 7.05 Å². The molecule has 0 aromatic carbocycles. The highest BCUT2D eigenvalue weighted by Gasteiger charge is 2.41. The molecule has 1 saturated carbocycles. The Morgan fingerprint density at radius 3 is 2.07 bits per heavy atom. The minimum atomic E-state index is -0.956. The quantitative estimate of drug-likeness (QED) is 0.725. The van der Waals surface area contributed by atoms with Crippen LogP contribution in [-0.4, -0.2) is 35.0 Å². The number of hydrogen-bond donors (Lipinski definition) is 1. The second-order valence-electron chi connectivity index (χ2n) is 4.32. The molecule has 1 fully saturated rings. The van der Waals surface area contributed by atoms with Crippen molar-refractivity contribution in [3.05, 3.63) is 0 Å². The molecule has 0 aliphatic heterocycles. The third-order valence-electron chi connectivity index (χ3n) is 3.41. The van der Waals surface area contributed by atoms with E-state index in [1.165, 1.54) is 11.3 Å². The van der Waals surface area contributed by atoms with Gasteiger partial charge in [0.15, 0.2) is 0 Å². The zero-order valence-electron chi connectivity index (χ0n) is 9.24.